The Hall–Kier alpha value is -0.0400. The van der Waals surface area contributed by atoms with Crippen molar-refractivity contribution in [2.45, 2.75) is 39.5 Å². The van der Waals surface area contributed by atoms with Crippen molar-refractivity contribution in [3.63, 3.8) is 0 Å². The molecule has 66 valence electrons. The zero-order valence-electron chi connectivity index (χ0n) is 7.97. The minimum Gasteiger partial charge on any atom is -0.303 e. The van der Waals surface area contributed by atoms with Gasteiger partial charge in [0.15, 0.2) is 0 Å². The fourth-order valence-electron chi connectivity index (χ4n) is 1.67. The van der Waals surface area contributed by atoms with E-state index in [1.807, 2.05) is 0 Å². The average Bonchev–Trinajstić information content (AvgIpc) is 2.04. The maximum absolute atomic E-state index is 2.61. The second-order valence-electron chi connectivity index (χ2n) is 3.88. The number of hydrogen-bond donors (Lipinski definition) is 0. The van der Waals surface area contributed by atoms with E-state index in [4.69, 9.17) is 0 Å². The van der Waals surface area contributed by atoms with Gasteiger partial charge in [-0.15, -0.1) is 0 Å². The molecule has 0 N–H and O–H groups in total. The van der Waals surface area contributed by atoms with E-state index in [1.54, 1.807) is 0 Å². The third-order valence-corrected chi connectivity index (χ3v) is 2.70. The van der Waals surface area contributed by atoms with E-state index >= 15 is 0 Å². The van der Waals surface area contributed by atoms with Gasteiger partial charge in [-0.2, -0.15) is 0 Å². The molecule has 0 amide bonds. The second kappa shape index (κ2) is 4.76. The van der Waals surface area contributed by atoms with Crippen LogP contribution in [-0.2, 0) is 0 Å². The van der Waals surface area contributed by atoms with Crippen LogP contribution in [0.25, 0.3) is 0 Å². The van der Waals surface area contributed by atoms with Gasteiger partial charge in [-0.3, -0.25) is 0 Å². The number of hydrogen-bond acceptors (Lipinski definition) is 1. The Kier molecular flexibility index (Phi) is 3.92. The van der Waals surface area contributed by atoms with E-state index in [1.165, 1.54) is 45.3 Å². The van der Waals surface area contributed by atoms with Gasteiger partial charge < -0.3 is 4.90 Å². The first-order chi connectivity index (χ1) is 5.33. The topological polar surface area (TPSA) is 3.24 Å². The molecule has 0 aliphatic carbocycles. The molecule has 1 heterocycles. The highest BCUT2D eigenvalue weighted by Crippen LogP contribution is 2.15. The normalized spacial score (nSPS) is 22.4. The van der Waals surface area contributed by atoms with Gasteiger partial charge in [0.2, 0.25) is 0 Å². The standard InChI is InChI=1S/C10H21N/c1-3-4-7-11-8-5-10(2)6-9-11/h10H,3-9H2,1-2H3. The van der Waals surface area contributed by atoms with E-state index < -0.39 is 0 Å². The Morgan fingerprint density at radius 2 is 1.91 bits per heavy atom. The van der Waals surface area contributed by atoms with Crippen molar-refractivity contribution in [3.05, 3.63) is 0 Å². The maximum atomic E-state index is 2.61. The number of rotatable bonds is 3. The van der Waals surface area contributed by atoms with Crippen LogP contribution >= 0.6 is 0 Å². The molecule has 0 unspecified atom stereocenters. The van der Waals surface area contributed by atoms with Crippen LogP contribution < -0.4 is 0 Å². The Labute approximate surface area is 70.8 Å². The summed E-state index contributed by atoms with van der Waals surface area (Å²) in [4.78, 5) is 2.61. The van der Waals surface area contributed by atoms with Crippen LogP contribution in [0.1, 0.15) is 39.5 Å². The van der Waals surface area contributed by atoms with Crippen molar-refractivity contribution in [2.75, 3.05) is 19.6 Å². The van der Waals surface area contributed by atoms with Gasteiger partial charge in [0.05, 0.1) is 0 Å². The van der Waals surface area contributed by atoms with Gasteiger partial charge in [0.25, 0.3) is 0 Å². The highest BCUT2D eigenvalue weighted by atomic mass is 15.1. The summed E-state index contributed by atoms with van der Waals surface area (Å²) in [7, 11) is 0. The lowest BCUT2D eigenvalue weighted by molar-refractivity contribution is 0.190. The summed E-state index contributed by atoms with van der Waals surface area (Å²) in [5, 5.41) is 0. The summed E-state index contributed by atoms with van der Waals surface area (Å²) in [5.41, 5.74) is 0. The molecule has 0 aromatic carbocycles. The average molecular weight is 155 g/mol. The van der Waals surface area contributed by atoms with Crippen LogP contribution in [0.5, 0.6) is 0 Å². The van der Waals surface area contributed by atoms with Crippen molar-refractivity contribution in [3.8, 4) is 0 Å². The quantitative estimate of drug-likeness (QED) is 0.605. The molecule has 1 fully saturated rings. The van der Waals surface area contributed by atoms with Gasteiger partial charge in [-0.1, -0.05) is 20.3 Å². The molecule has 0 spiro atoms. The van der Waals surface area contributed by atoms with Crippen molar-refractivity contribution in [2.24, 2.45) is 5.92 Å². The summed E-state index contributed by atoms with van der Waals surface area (Å²) in [6.45, 7) is 8.68. The number of unbranched alkanes of at least 4 members (excludes halogenated alkanes) is 1. The molecule has 0 saturated carbocycles. The molecule has 1 aliphatic rings. The highest BCUT2D eigenvalue weighted by Gasteiger charge is 2.14. The van der Waals surface area contributed by atoms with Crippen LogP contribution in [0.15, 0.2) is 0 Å². The minimum absolute atomic E-state index is 0.980. The smallest absolute Gasteiger partial charge is 0.00162 e. The number of piperidine rings is 1. The lowest BCUT2D eigenvalue weighted by Crippen LogP contribution is -2.33. The molecular weight excluding hydrogens is 134 g/mol. The van der Waals surface area contributed by atoms with E-state index in [0.717, 1.165) is 5.92 Å². The first kappa shape index (κ1) is 9.05. The van der Waals surface area contributed by atoms with E-state index in [9.17, 15) is 0 Å². The van der Waals surface area contributed by atoms with E-state index in [2.05, 4.69) is 18.7 Å². The molecule has 0 atom stereocenters. The van der Waals surface area contributed by atoms with Crippen molar-refractivity contribution in [1.29, 1.82) is 0 Å². The summed E-state index contributed by atoms with van der Waals surface area (Å²) in [5.74, 6) is 0.980. The number of likely N-dealkylation sites (tertiary alicyclic amines) is 1. The van der Waals surface area contributed by atoms with Crippen LogP contribution in [0.2, 0.25) is 0 Å². The van der Waals surface area contributed by atoms with Crippen LogP contribution in [-0.4, -0.2) is 24.5 Å². The maximum Gasteiger partial charge on any atom is -0.00162 e. The first-order valence-corrected chi connectivity index (χ1v) is 5.05. The fourth-order valence-corrected chi connectivity index (χ4v) is 1.67. The fraction of sp³-hybridized carbons (Fsp3) is 1.00. The Bertz CT molecular complexity index is 90.3. The van der Waals surface area contributed by atoms with Crippen LogP contribution in [0.3, 0.4) is 0 Å². The molecule has 1 nitrogen and oxygen atoms in total. The molecule has 11 heavy (non-hydrogen) atoms. The first-order valence-electron chi connectivity index (χ1n) is 5.05. The predicted octanol–water partition coefficient (Wildman–Crippen LogP) is 2.52. The molecular formula is C10H21N. The summed E-state index contributed by atoms with van der Waals surface area (Å²) in [6, 6.07) is 0. The molecule has 1 aliphatic heterocycles. The lowest BCUT2D eigenvalue weighted by atomic mass is 9.99. The number of nitrogens with zero attached hydrogens (tertiary/aromatic N) is 1. The molecule has 0 aromatic rings. The molecule has 1 saturated heterocycles. The Morgan fingerprint density at radius 3 is 2.45 bits per heavy atom. The Morgan fingerprint density at radius 1 is 1.27 bits per heavy atom. The van der Waals surface area contributed by atoms with Crippen LogP contribution in [0.4, 0.5) is 0 Å². The van der Waals surface area contributed by atoms with E-state index in [-0.39, 0.29) is 0 Å². The summed E-state index contributed by atoms with van der Waals surface area (Å²) in [6.07, 6.45) is 5.56. The zero-order valence-corrected chi connectivity index (χ0v) is 7.97. The highest BCUT2D eigenvalue weighted by molar-refractivity contribution is 4.68. The third kappa shape index (κ3) is 3.24. The second-order valence-corrected chi connectivity index (χ2v) is 3.88. The summed E-state index contributed by atoms with van der Waals surface area (Å²) >= 11 is 0. The van der Waals surface area contributed by atoms with Gasteiger partial charge in [0, 0.05) is 0 Å². The van der Waals surface area contributed by atoms with Crippen molar-refractivity contribution >= 4 is 0 Å². The van der Waals surface area contributed by atoms with Gasteiger partial charge >= 0.3 is 0 Å². The predicted molar refractivity (Wildman–Crippen MR) is 49.7 cm³/mol. The van der Waals surface area contributed by atoms with Crippen molar-refractivity contribution < 1.29 is 0 Å². The Balaban J connectivity index is 2.07. The van der Waals surface area contributed by atoms with E-state index in [0.29, 0.717) is 0 Å². The molecule has 1 rings (SSSR count). The molecule has 1 heteroatoms. The monoisotopic (exact) mass is 155 g/mol. The third-order valence-electron chi connectivity index (χ3n) is 2.70. The van der Waals surface area contributed by atoms with Gasteiger partial charge in [0.1, 0.15) is 0 Å². The zero-order chi connectivity index (χ0) is 8.10. The van der Waals surface area contributed by atoms with Gasteiger partial charge in [-0.25, -0.2) is 0 Å². The van der Waals surface area contributed by atoms with Crippen LogP contribution in [0, 0.1) is 5.92 Å². The van der Waals surface area contributed by atoms with Crippen molar-refractivity contribution in [1.82, 2.24) is 4.90 Å². The molecule has 0 bridgehead atoms. The van der Waals surface area contributed by atoms with Gasteiger partial charge in [-0.05, 0) is 44.8 Å². The summed E-state index contributed by atoms with van der Waals surface area (Å²) < 4.78 is 0. The minimum atomic E-state index is 0.980. The molecule has 0 aromatic heterocycles. The lowest BCUT2D eigenvalue weighted by Gasteiger charge is -2.29. The largest absolute Gasteiger partial charge is 0.303 e. The molecule has 0 radical (unpaired) electrons. The SMILES string of the molecule is CCCCN1CCC(C)CC1.